The minimum absolute atomic E-state index is 0.0377. The summed E-state index contributed by atoms with van der Waals surface area (Å²) in [4.78, 5) is 16.3. The molecule has 30 heavy (non-hydrogen) atoms. The zero-order valence-electron chi connectivity index (χ0n) is 16.9. The molecule has 0 aliphatic rings. The van der Waals surface area contributed by atoms with Crippen molar-refractivity contribution >= 4 is 17.5 Å². The number of halogens is 3. The standard InChI is InChI=1S/C18H16F3N5O2.C2H6/c1-26-13(9-14(25-26)18(19,20)21)12-7-8-15(23-16(12)22)24-17(27)10-3-5-11(28-2)6-4-10;1-2/h3-9H,1-2H3,(H3,22,23,24,27);1-2H3. The lowest BCUT2D eigenvalue weighted by Gasteiger charge is -2.09. The molecule has 0 unspecified atom stereocenters. The van der Waals surface area contributed by atoms with Gasteiger partial charge in [-0.2, -0.15) is 18.3 Å². The molecule has 0 fully saturated rings. The van der Waals surface area contributed by atoms with Gasteiger partial charge in [0.1, 0.15) is 17.4 Å². The number of nitrogens with one attached hydrogen (secondary N) is 1. The van der Waals surface area contributed by atoms with Gasteiger partial charge in [0.25, 0.3) is 5.91 Å². The van der Waals surface area contributed by atoms with Gasteiger partial charge in [0.2, 0.25) is 0 Å². The van der Waals surface area contributed by atoms with E-state index in [0.717, 1.165) is 10.7 Å². The number of amides is 1. The molecule has 160 valence electrons. The molecule has 1 aromatic carbocycles. The molecule has 0 saturated carbocycles. The van der Waals surface area contributed by atoms with Gasteiger partial charge in [-0.25, -0.2) is 4.98 Å². The minimum Gasteiger partial charge on any atom is -0.497 e. The molecule has 10 heteroatoms. The maximum Gasteiger partial charge on any atom is 0.435 e. The van der Waals surface area contributed by atoms with E-state index in [1.165, 1.54) is 26.3 Å². The van der Waals surface area contributed by atoms with E-state index in [9.17, 15) is 18.0 Å². The molecule has 2 heterocycles. The summed E-state index contributed by atoms with van der Waals surface area (Å²) in [7, 11) is 2.90. The molecule has 0 aliphatic carbocycles. The Morgan fingerprint density at radius 1 is 1.13 bits per heavy atom. The number of anilines is 2. The molecule has 0 spiro atoms. The van der Waals surface area contributed by atoms with Crippen LogP contribution in [0.15, 0.2) is 42.5 Å². The van der Waals surface area contributed by atoms with Crippen LogP contribution in [0.5, 0.6) is 5.75 Å². The van der Waals surface area contributed by atoms with Crippen LogP contribution >= 0.6 is 0 Å². The molecular formula is C20H22F3N5O2. The Balaban J connectivity index is 0.00000155. The highest BCUT2D eigenvalue weighted by molar-refractivity contribution is 6.04. The van der Waals surface area contributed by atoms with Crippen molar-refractivity contribution in [3.05, 3.63) is 53.7 Å². The molecule has 0 aliphatic heterocycles. The average Bonchev–Trinajstić information content (AvgIpc) is 3.11. The number of carbonyl (C=O) groups is 1. The molecule has 0 saturated heterocycles. The number of ether oxygens (including phenoxy) is 1. The number of hydrogen-bond acceptors (Lipinski definition) is 5. The Morgan fingerprint density at radius 3 is 2.27 bits per heavy atom. The van der Waals surface area contributed by atoms with E-state index in [-0.39, 0.29) is 22.9 Å². The van der Waals surface area contributed by atoms with E-state index in [1.54, 1.807) is 24.3 Å². The number of aromatic nitrogens is 3. The van der Waals surface area contributed by atoms with Crippen LogP contribution in [0.4, 0.5) is 24.8 Å². The molecule has 3 N–H and O–H groups in total. The Labute approximate surface area is 171 Å². The van der Waals surface area contributed by atoms with Gasteiger partial charge in [0.15, 0.2) is 5.69 Å². The van der Waals surface area contributed by atoms with Crippen LogP contribution in [0.1, 0.15) is 29.9 Å². The molecule has 0 bridgehead atoms. The third-order valence-corrected chi connectivity index (χ3v) is 3.96. The predicted molar refractivity (Wildman–Crippen MR) is 108 cm³/mol. The average molecular weight is 421 g/mol. The number of alkyl halides is 3. The molecule has 7 nitrogen and oxygen atoms in total. The van der Waals surface area contributed by atoms with Gasteiger partial charge in [-0.15, -0.1) is 0 Å². The number of aryl methyl sites for hydroxylation is 1. The number of nitrogen functional groups attached to an aromatic ring is 1. The number of carbonyl (C=O) groups excluding carboxylic acids is 1. The van der Waals surface area contributed by atoms with E-state index in [2.05, 4.69) is 15.4 Å². The maximum atomic E-state index is 12.8. The Kier molecular flexibility index (Phi) is 7.04. The molecule has 3 aromatic rings. The zero-order chi connectivity index (χ0) is 22.5. The Morgan fingerprint density at radius 2 is 1.77 bits per heavy atom. The van der Waals surface area contributed by atoms with Gasteiger partial charge in [0.05, 0.1) is 12.8 Å². The fourth-order valence-electron chi connectivity index (χ4n) is 2.55. The topological polar surface area (TPSA) is 95.1 Å². The summed E-state index contributed by atoms with van der Waals surface area (Å²) in [6.45, 7) is 4.00. The van der Waals surface area contributed by atoms with Crippen molar-refractivity contribution in [3.8, 4) is 17.0 Å². The van der Waals surface area contributed by atoms with E-state index in [4.69, 9.17) is 10.5 Å². The smallest absolute Gasteiger partial charge is 0.435 e. The van der Waals surface area contributed by atoms with Crippen LogP contribution in [-0.4, -0.2) is 27.8 Å². The number of pyridine rings is 1. The first kappa shape index (κ1) is 22.7. The van der Waals surface area contributed by atoms with E-state index < -0.39 is 17.8 Å². The normalized spacial score (nSPS) is 10.8. The van der Waals surface area contributed by atoms with Crippen molar-refractivity contribution in [3.63, 3.8) is 0 Å². The Hall–Kier alpha value is -3.56. The van der Waals surface area contributed by atoms with Crippen molar-refractivity contribution < 1.29 is 22.7 Å². The third-order valence-electron chi connectivity index (χ3n) is 3.96. The maximum absolute atomic E-state index is 12.8. The van der Waals surface area contributed by atoms with Gasteiger partial charge in [-0.05, 0) is 42.5 Å². The van der Waals surface area contributed by atoms with Gasteiger partial charge in [0, 0.05) is 18.2 Å². The largest absolute Gasteiger partial charge is 0.497 e. The fourth-order valence-corrected chi connectivity index (χ4v) is 2.55. The molecule has 3 rings (SSSR count). The van der Waals surface area contributed by atoms with E-state index >= 15 is 0 Å². The van der Waals surface area contributed by atoms with Crippen molar-refractivity contribution in [2.45, 2.75) is 20.0 Å². The predicted octanol–water partition coefficient (Wildman–Crippen LogP) is 4.37. The van der Waals surface area contributed by atoms with Gasteiger partial charge in [-0.3, -0.25) is 9.48 Å². The highest BCUT2D eigenvalue weighted by Gasteiger charge is 2.35. The van der Waals surface area contributed by atoms with Crippen LogP contribution in [0.3, 0.4) is 0 Å². The summed E-state index contributed by atoms with van der Waals surface area (Å²) < 4.78 is 44.6. The number of rotatable bonds is 4. The summed E-state index contributed by atoms with van der Waals surface area (Å²) in [5.74, 6) is 0.324. The van der Waals surface area contributed by atoms with Crippen LogP contribution < -0.4 is 15.8 Å². The highest BCUT2D eigenvalue weighted by Crippen LogP contribution is 2.33. The molecule has 0 radical (unpaired) electrons. The molecular weight excluding hydrogens is 399 g/mol. The number of methoxy groups -OCH3 is 1. The quantitative estimate of drug-likeness (QED) is 0.652. The summed E-state index contributed by atoms with van der Waals surface area (Å²) in [6, 6.07) is 10.3. The Bertz CT molecular complexity index is 1010. The van der Waals surface area contributed by atoms with Crippen molar-refractivity contribution in [2.24, 2.45) is 7.05 Å². The van der Waals surface area contributed by atoms with E-state index in [1.807, 2.05) is 13.8 Å². The van der Waals surface area contributed by atoms with E-state index in [0.29, 0.717) is 11.3 Å². The number of benzene rings is 1. The summed E-state index contributed by atoms with van der Waals surface area (Å²) in [6.07, 6.45) is -4.56. The molecule has 2 aromatic heterocycles. The van der Waals surface area contributed by atoms with Crippen LogP contribution in [0, 0.1) is 0 Å². The zero-order valence-corrected chi connectivity index (χ0v) is 16.9. The van der Waals surface area contributed by atoms with Gasteiger partial charge in [-0.1, -0.05) is 13.8 Å². The monoisotopic (exact) mass is 421 g/mol. The van der Waals surface area contributed by atoms with Crippen molar-refractivity contribution in [1.82, 2.24) is 14.8 Å². The lowest BCUT2D eigenvalue weighted by atomic mass is 10.1. The second-order valence-electron chi connectivity index (χ2n) is 5.85. The lowest BCUT2D eigenvalue weighted by Crippen LogP contribution is -2.13. The number of nitrogens with zero attached hydrogens (tertiary/aromatic N) is 3. The molecule has 1 amide bonds. The second-order valence-corrected chi connectivity index (χ2v) is 5.85. The van der Waals surface area contributed by atoms with Crippen LogP contribution in [-0.2, 0) is 13.2 Å². The van der Waals surface area contributed by atoms with Gasteiger partial charge >= 0.3 is 6.18 Å². The molecule has 0 atom stereocenters. The summed E-state index contributed by atoms with van der Waals surface area (Å²) >= 11 is 0. The summed E-state index contributed by atoms with van der Waals surface area (Å²) in [5, 5.41) is 6.04. The SMILES string of the molecule is CC.COc1ccc(C(=O)Nc2ccc(-c3cc(C(F)(F)F)nn3C)c(N)n2)cc1. The lowest BCUT2D eigenvalue weighted by molar-refractivity contribution is -0.141. The highest BCUT2D eigenvalue weighted by atomic mass is 19.4. The third kappa shape index (κ3) is 5.07. The van der Waals surface area contributed by atoms with Crippen molar-refractivity contribution in [1.29, 1.82) is 0 Å². The number of nitrogens with two attached hydrogens (primary N) is 1. The first-order valence-corrected chi connectivity index (χ1v) is 9.02. The summed E-state index contributed by atoms with van der Waals surface area (Å²) in [5.41, 5.74) is 5.68. The number of hydrogen-bond donors (Lipinski definition) is 2. The first-order chi connectivity index (χ1) is 14.2. The van der Waals surface area contributed by atoms with Crippen LogP contribution in [0.25, 0.3) is 11.3 Å². The van der Waals surface area contributed by atoms with Crippen LogP contribution in [0.2, 0.25) is 0 Å². The second kappa shape index (κ2) is 9.29. The first-order valence-electron chi connectivity index (χ1n) is 9.02. The van der Waals surface area contributed by atoms with Gasteiger partial charge < -0.3 is 15.8 Å². The van der Waals surface area contributed by atoms with Crippen molar-refractivity contribution in [2.75, 3.05) is 18.2 Å². The fraction of sp³-hybridized carbons (Fsp3) is 0.250. The minimum atomic E-state index is -4.56.